The molecule has 0 aromatic heterocycles. The molecule has 0 fully saturated rings. The van der Waals surface area contributed by atoms with Crippen LogP contribution in [0, 0.1) is 19.7 Å². The smallest absolute Gasteiger partial charge is 0.277 e. The van der Waals surface area contributed by atoms with Crippen LogP contribution in [0.4, 0.5) is 4.39 Å². The fourth-order valence-electron chi connectivity index (χ4n) is 1.95. The second kappa shape index (κ2) is 8.13. The Labute approximate surface area is 149 Å². The van der Waals surface area contributed by atoms with Crippen molar-refractivity contribution in [2.24, 2.45) is 5.10 Å². The van der Waals surface area contributed by atoms with Gasteiger partial charge in [-0.2, -0.15) is 5.10 Å². The van der Waals surface area contributed by atoms with Crippen molar-refractivity contribution in [2.75, 3.05) is 6.61 Å². The highest BCUT2D eigenvalue weighted by molar-refractivity contribution is 6.33. The summed E-state index contributed by atoms with van der Waals surface area (Å²) in [6, 6.07) is 7.39. The van der Waals surface area contributed by atoms with Gasteiger partial charge in [-0.05, 0) is 55.3 Å². The Bertz CT molecular complexity index is 771. The SMILES string of the molecule is Cc1cc(OCC(=O)N/N=C/c2ccc(F)cc2Cl)cc(C)c1Cl. The fourth-order valence-corrected chi connectivity index (χ4v) is 2.28. The topological polar surface area (TPSA) is 50.7 Å². The maximum Gasteiger partial charge on any atom is 0.277 e. The maximum absolute atomic E-state index is 12.9. The Balaban J connectivity index is 1.88. The van der Waals surface area contributed by atoms with Gasteiger partial charge in [0.2, 0.25) is 0 Å². The van der Waals surface area contributed by atoms with Gasteiger partial charge in [-0.25, -0.2) is 9.82 Å². The molecule has 1 amide bonds. The minimum atomic E-state index is -0.442. The number of carbonyl (C=O) groups excluding carboxylic acids is 1. The van der Waals surface area contributed by atoms with Crippen molar-refractivity contribution in [3.8, 4) is 5.75 Å². The predicted molar refractivity (Wildman–Crippen MR) is 93.6 cm³/mol. The van der Waals surface area contributed by atoms with Crippen LogP contribution in [0.3, 0.4) is 0 Å². The highest BCUT2D eigenvalue weighted by atomic mass is 35.5. The fraction of sp³-hybridized carbons (Fsp3) is 0.176. The molecule has 0 saturated heterocycles. The summed E-state index contributed by atoms with van der Waals surface area (Å²) in [5, 5.41) is 4.64. The van der Waals surface area contributed by atoms with Crippen LogP contribution in [0.1, 0.15) is 16.7 Å². The molecule has 1 N–H and O–H groups in total. The maximum atomic E-state index is 12.9. The molecule has 126 valence electrons. The van der Waals surface area contributed by atoms with E-state index >= 15 is 0 Å². The van der Waals surface area contributed by atoms with Crippen LogP contribution in [0.5, 0.6) is 5.75 Å². The van der Waals surface area contributed by atoms with Crippen molar-refractivity contribution in [3.05, 3.63) is 62.9 Å². The number of amides is 1. The molecule has 4 nitrogen and oxygen atoms in total. The number of hydrogen-bond donors (Lipinski definition) is 1. The molecule has 2 rings (SSSR count). The van der Waals surface area contributed by atoms with Gasteiger partial charge in [0.1, 0.15) is 11.6 Å². The first-order valence-corrected chi connectivity index (χ1v) is 7.79. The summed E-state index contributed by atoms with van der Waals surface area (Å²) >= 11 is 11.9. The molecule has 7 heteroatoms. The van der Waals surface area contributed by atoms with Crippen molar-refractivity contribution in [1.29, 1.82) is 0 Å². The van der Waals surface area contributed by atoms with E-state index in [9.17, 15) is 9.18 Å². The Morgan fingerprint density at radius 3 is 2.54 bits per heavy atom. The van der Waals surface area contributed by atoms with Crippen LogP contribution in [0.25, 0.3) is 0 Å². The molecular weight excluding hydrogens is 354 g/mol. The number of carbonyl (C=O) groups is 1. The monoisotopic (exact) mass is 368 g/mol. The van der Waals surface area contributed by atoms with E-state index in [2.05, 4.69) is 10.5 Å². The van der Waals surface area contributed by atoms with Gasteiger partial charge in [0, 0.05) is 10.6 Å². The molecule has 2 aromatic rings. The molecule has 0 saturated carbocycles. The second-order valence-corrected chi connectivity index (χ2v) is 5.90. The summed E-state index contributed by atoms with van der Waals surface area (Å²) in [7, 11) is 0. The molecule has 0 heterocycles. The van der Waals surface area contributed by atoms with Crippen molar-refractivity contribution in [3.63, 3.8) is 0 Å². The summed E-state index contributed by atoms with van der Waals surface area (Å²) in [6.45, 7) is 3.52. The number of nitrogens with one attached hydrogen (secondary N) is 1. The lowest BCUT2D eigenvalue weighted by molar-refractivity contribution is -0.123. The van der Waals surface area contributed by atoms with Gasteiger partial charge in [-0.15, -0.1) is 0 Å². The largest absolute Gasteiger partial charge is 0.484 e. The van der Waals surface area contributed by atoms with Gasteiger partial charge >= 0.3 is 0 Å². The summed E-state index contributed by atoms with van der Waals surface area (Å²) < 4.78 is 18.3. The molecule has 0 atom stereocenters. The molecule has 2 aromatic carbocycles. The first-order valence-electron chi connectivity index (χ1n) is 7.03. The number of halogens is 3. The van der Waals surface area contributed by atoms with Gasteiger partial charge in [-0.3, -0.25) is 4.79 Å². The Kier molecular flexibility index (Phi) is 6.17. The van der Waals surface area contributed by atoms with Gasteiger partial charge < -0.3 is 4.74 Å². The zero-order valence-electron chi connectivity index (χ0n) is 13.1. The van der Waals surface area contributed by atoms with Crippen LogP contribution < -0.4 is 10.2 Å². The number of ether oxygens (including phenoxy) is 1. The van der Waals surface area contributed by atoms with E-state index in [-0.39, 0.29) is 11.6 Å². The molecule has 0 radical (unpaired) electrons. The Morgan fingerprint density at radius 1 is 1.25 bits per heavy atom. The van der Waals surface area contributed by atoms with Crippen LogP contribution in [-0.4, -0.2) is 18.7 Å². The van der Waals surface area contributed by atoms with Crippen molar-refractivity contribution >= 4 is 35.3 Å². The van der Waals surface area contributed by atoms with E-state index in [0.717, 1.165) is 11.1 Å². The quantitative estimate of drug-likeness (QED) is 0.632. The molecule has 0 aliphatic carbocycles. The van der Waals surface area contributed by atoms with Gasteiger partial charge in [0.05, 0.1) is 11.2 Å². The van der Waals surface area contributed by atoms with E-state index < -0.39 is 11.7 Å². The molecule has 0 spiro atoms. The molecule has 0 bridgehead atoms. The zero-order chi connectivity index (χ0) is 17.7. The second-order valence-electron chi connectivity index (χ2n) is 5.12. The van der Waals surface area contributed by atoms with Crippen LogP contribution in [0.15, 0.2) is 35.4 Å². The summed E-state index contributed by atoms with van der Waals surface area (Å²) in [6.07, 6.45) is 1.33. The highest BCUT2D eigenvalue weighted by Gasteiger charge is 2.06. The number of aryl methyl sites for hydroxylation is 2. The minimum Gasteiger partial charge on any atom is -0.484 e. The Hall–Kier alpha value is -2.11. The van der Waals surface area contributed by atoms with Crippen molar-refractivity contribution < 1.29 is 13.9 Å². The molecule has 24 heavy (non-hydrogen) atoms. The van der Waals surface area contributed by atoms with Gasteiger partial charge in [-0.1, -0.05) is 23.2 Å². The van der Waals surface area contributed by atoms with E-state index in [4.69, 9.17) is 27.9 Å². The number of nitrogens with zero attached hydrogens (tertiary/aromatic N) is 1. The average Bonchev–Trinajstić information content (AvgIpc) is 2.52. The van der Waals surface area contributed by atoms with Gasteiger partial charge in [0.15, 0.2) is 6.61 Å². The summed E-state index contributed by atoms with van der Waals surface area (Å²) in [5.74, 6) is -0.326. The third-order valence-corrected chi connectivity index (χ3v) is 4.06. The molecule has 0 unspecified atom stereocenters. The lowest BCUT2D eigenvalue weighted by Gasteiger charge is -2.09. The number of rotatable bonds is 5. The van der Waals surface area contributed by atoms with Crippen LogP contribution in [0.2, 0.25) is 10.0 Å². The third-order valence-electron chi connectivity index (χ3n) is 3.14. The van der Waals surface area contributed by atoms with E-state index in [1.807, 2.05) is 13.8 Å². The van der Waals surface area contributed by atoms with Gasteiger partial charge in [0.25, 0.3) is 5.91 Å². The van der Waals surface area contributed by atoms with Crippen LogP contribution >= 0.6 is 23.2 Å². The first kappa shape index (κ1) is 18.2. The van der Waals surface area contributed by atoms with Crippen molar-refractivity contribution in [1.82, 2.24) is 5.43 Å². The summed E-state index contributed by atoms with van der Waals surface area (Å²) in [4.78, 5) is 11.7. The number of hydrogen-bond acceptors (Lipinski definition) is 3. The lowest BCUT2D eigenvalue weighted by atomic mass is 10.1. The minimum absolute atomic E-state index is 0.199. The lowest BCUT2D eigenvalue weighted by Crippen LogP contribution is -2.24. The highest BCUT2D eigenvalue weighted by Crippen LogP contribution is 2.25. The first-order chi connectivity index (χ1) is 11.4. The zero-order valence-corrected chi connectivity index (χ0v) is 14.6. The van der Waals surface area contributed by atoms with Crippen LogP contribution in [-0.2, 0) is 4.79 Å². The number of benzene rings is 2. The average molecular weight is 369 g/mol. The van der Waals surface area contributed by atoms with E-state index in [0.29, 0.717) is 16.3 Å². The number of hydrazone groups is 1. The third kappa shape index (κ3) is 4.94. The molecule has 0 aliphatic rings. The molecular formula is C17H15Cl2FN2O2. The normalized spacial score (nSPS) is 10.9. The standard InChI is InChI=1S/C17H15Cl2FN2O2/c1-10-5-14(6-11(2)17(10)19)24-9-16(23)22-21-8-12-3-4-13(20)7-15(12)18/h3-8H,9H2,1-2H3,(H,22,23)/b21-8+. The summed E-state index contributed by atoms with van der Waals surface area (Å²) in [5.41, 5.74) is 4.54. The Morgan fingerprint density at radius 2 is 1.92 bits per heavy atom. The van der Waals surface area contributed by atoms with E-state index in [1.54, 1.807) is 12.1 Å². The predicted octanol–water partition coefficient (Wildman–Crippen LogP) is 4.28. The van der Waals surface area contributed by atoms with E-state index in [1.165, 1.54) is 24.4 Å². The molecule has 0 aliphatic heterocycles. The van der Waals surface area contributed by atoms with Crippen molar-refractivity contribution in [2.45, 2.75) is 13.8 Å².